The van der Waals surface area contributed by atoms with Gasteiger partial charge in [0.05, 0.1) is 4.47 Å². The maximum atomic E-state index is 12.4. The molecule has 2 rings (SSSR count). The maximum Gasteiger partial charge on any atom is 0.260 e. The third kappa shape index (κ3) is 2.93. The Kier molecular flexibility index (Phi) is 4.17. The lowest BCUT2D eigenvalue weighted by Gasteiger charge is -2.16. The van der Waals surface area contributed by atoms with Crippen LogP contribution >= 0.6 is 27.5 Å². The number of aromatic nitrogens is 2. The zero-order chi connectivity index (χ0) is 14.0. The summed E-state index contributed by atoms with van der Waals surface area (Å²) in [5, 5.41) is 0.566. The van der Waals surface area contributed by atoms with Gasteiger partial charge >= 0.3 is 0 Å². The van der Waals surface area contributed by atoms with E-state index >= 15 is 0 Å². The zero-order valence-corrected chi connectivity index (χ0v) is 12.7. The van der Waals surface area contributed by atoms with Crippen molar-refractivity contribution in [3.63, 3.8) is 0 Å². The van der Waals surface area contributed by atoms with Crippen molar-refractivity contribution < 1.29 is 4.79 Å². The number of nitrogens with zero attached hydrogens (tertiary/aromatic N) is 3. The van der Waals surface area contributed by atoms with E-state index < -0.39 is 0 Å². The Morgan fingerprint density at radius 3 is 2.58 bits per heavy atom. The summed E-state index contributed by atoms with van der Waals surface area (Å²) >= 11 is 9.27. The Morgan fingerprint density at radius 1 is 1.32 bits per heavy atom. The van der Waals surface area contributed by atoms with E-state index in [9.17, 15) is 4.79 Å². The van der Waals surface area contributed by atoms with Gasteiger partial charge in [0, 0.05) is 30.0 Å². The first kappa shape index (κ1) is 14.0. The Morgan fingerprint density at radius 2 is 1.95 bits per heavy atom. The second-order valence-electron chi connectivity index (χ2n) is 3.98. The van der Waals surface area contributed by atoms with Crippen LogP contribution in [0, 0.1) is 6.92 Å². The fraction of sp³-hybridized carbons (Fsp3) is 0.154. The highest BCUT2D eigenvalue weighted by molar-refractivity contribution is 9.10. The van der Waals surface area contributed by atoms with Crippen LogP contribution in [0.5, 0.6) is 0 Å². The molecule has 0 aliphatic heterocycles. The van der Waals surface area contributed by atoms with Crippen LogP contribution in [0.4, 0.5) is 5.95 Å². The fourth-order valence-electron chi connectivity index (χ4n) is 1.59. The predicted molar refractivity (Wildman–Crippen MR) is 78.7 cm³/mol. The van der Waals surface area contributed by atoms with E-state index in [1.165, 1.54) is 4.90 Å². The quantitative estimate of drug-likeness (QED) is 0.841. The van der Waals surface area contributed by atoms with Gasteiger partial charge < -0.3 is 0 Å². The molecule has 1 heterocycles. The van der Waals surface area contributed by atoms with Crippen molar-refractivity contribution in [2.45, 2.75) is 6.92 Å². The lowest BCUT2D eigenvalue weighted by atomic mass is 10.1. The average molecular weight is 341 g/mol. The van der Waals surface area contributed by atoms with Crippen LogP contribution in [0.1, 0.15) is 15.9 Å². The van der Waals surface area contributed by atoms with E-state index in [4.69, 9.17) is 11.6 Å². The van der Waals surface area contributed by atoms with E-state index in [0.717, 1.165) is 10.0 Å². The predicted octanol–water partition coefficient (Wildman–Crippen LogP) is 3.48. The van der Waals surface area contributed by atoms with E-state index in [2.05, 4.69) is 25.9 Å². The van der Waals surface area contributed by atoms with Gasteiger partial charge in [-0.05, 0) is 40.5 Å². The van der Waals surface area contributed by atoms with Gasteiger partial charge in [-0.15, -0.1) is 0 Å². The Hall–Kier alpha value is -1.46. The van der Waals surface area contributed by atoms with Crippen molar-refractivity contribution >= 4 is 39.4 Å². The van der Waals surface area contributed by atoms with Crippen molar-refractivity contribution in [3.8, 4) is 0 Å². The van der Waals surface area contributed by atoms with Crippen LogP contribution in [0.15, 0.2) is 35.1 Å². The maximum absolute atomic E-state index is 12.4. The summed E-state index contributed by atoms with van der Waals surface area (Å²) < 4.78 is 0.760. The highest BCUT2D eigenvalue weighted by Crippen LogP contribution is 2.21. The fourth-order valence-corrected chi connectivity index (χ4v) is 1.97. The van der Waals surface area contributed by atoms with Crippen LogP contribution in [-0.4, -0.2) is 22.9 Å². The molecule has 19 heavy (non-hydrogen) atoms. The summed E-state index contributed by atoms with van der Waals surface area (Å²) in [6.45, 7) is 1.81. The number of amides is 1. The van der Waals surface area contributed by atoms with Crippen molar-refractivity contribution in [2.24, 2.45) is 0 Å². The first-order chi connectivity index (χ1) is 9.00. The summed E-state index contributed by atoms with van der Waals surface area (Å²) in [5.74, 6) is 0.148. The van der Waals surface area contributed by atoms with Crippen molar-refractivity contribution in [3.05, 3.63) is 51.2 Å². The second-order valence-corrected chi connectivity index (χ2v) is 5.30. The third-order valence-electron chi connectivity index (χ3n) is 2.71. The molecule has 0 aliphatic carbocycles. The molecule has 0 saturated carbocycles. The highest BCUT2D eigenvalue weighted by Gasteiger charge is 2.18. The number of hydrogen-bond acceptors (Lipinski definition) is 3. The summed E-state index contributed by atoms with van der Waals surface area (Å²) in [5.41, 5.74) is 1.29. The Balaban J connectivity index is 2.33. The second kappa shape index (κ2) is 5.67. The standard InChI is InChI=1S/C13H11BrClN3O/c1-8-10(4-3-5-11(8)15)12(19)18(2)13-16-6-9(14)7-17-13/h3-7H,1-2H3. The molecule has 2 aromatic rings. The molecule has 0 unspecified atom stereocenters. The lowest BCUT2D eigenvalue weighted by molar-refractivity contribution is 0.0991. The number of anilines is 1. The molecule has 0 bridgehead atoms. The molecule has 1 aromatic heterocycles. The van der Waals surface area contributed by atoms with E-state index in [1.54, 1.807) is 37.6 Å². The van der Waals surface area contributed by atoms with Crippen molar-refractivity contribution in [2.75, 3.05) is 11.9 Å². The van der Waals surface area contributed by atoms with Gasteiger partial charge in [0.25, 0.3) is 5.91 Å². The minimum atomic E-state index is -0.192. The molecule has 1 aromatic carbocycles. The Labute approximate surface area is 124 Å². The molecular weight excluding hydrogens is 330 g/mol. The summed E-state index contributed by atoms with van der Waals surface area (Å²) in [7, 11) is 1.63. The van der Waals surface area contributed by atoms with Gasteiger partial charge in [-0.25, -0.2) is 9.97 Å². The number of carbonyl (C=O) groups is 1. The van der Waals surface area contributed by atoms with Crippen molar-refractivity contribution in [1.82, 2.24) is 9.97 Å². The summed E-state index contributed by atoms with van der Waals surface area (Å²) in [4.78, 5) is 22.0. The SMILES string of the molecule is Cc1c(Cl)cccc1C(=O)N(C)c1ncc(Br)cn1. The van der Waals surface area contributed by atoms with E-state index in [1.807, 2.05) is 6.92 Å². The molecule has 1 amide bonds. The van der Waals surface area contributed by atoms with Gasteiger partial charge in [0.1, 0.15) is 0 Å². The van der Waals surface area contributed by atoms with Crippen LogP contribution in [-0.2, 0) is 0 Å². The number of halogens is 2. The molecule has 0 N–H and O–H groups in total. The molecule has 0 spiro atoms. The molecule has 0 aliphatic rings. The normalized spacial score (nSPS) is 10.3. The molecule has 0 atom stereocenters. The number of benzene rings is 1. The minimum Gasteiger partial charge on any atom is -0.280 e. The number of hydrogen-bond donors (Lipinski definition) is 0. The smallest absolute Gasteiger partial charge is 0.260 e. The molecule has 0 radical (unpaired) electrons. The largest absolute Gasteiger partial charge is 0.280 e. The molecule has 4 nitrogen and oxygen atoms in total. The monoisotopic (exact) mass is 339 g/mol. The molecule has 0 fully saturated rings. The third-order valence-corrected chi connectivity index (χ3v) is 3.53. The van der Waals surface area contributed by atoms with Gasteiger partial charge in [0.2, 0.25) is 5.95 Å². The van der Waals surface area contributed by atoms with Gasteiger partial charge in [-0.2, -0.15) is 0 Å². The molecular formula is C13H11BrClN3O. The van der Waals surface area contributed by atoms with Crippen LogP contribution in [0.2, 0.25) is 5.02 Å². The number of rotatable bonds is 2. The summed E-state index contributed by atoms with van der Waals surface area (Å²) in [6, 6.07) is 5.24. The van der Waals surface area contributed by atoms with E-state index in [-0.39, 0.29) is 5.91 Å². The first-order valence-corrected chi connectivity index (χ1v) is 6.68. The van der Waals surface area contributed by atoms with Gasteiger partial charge in [-0.3, -0.25) is 9.69 Å². The van der Waals surface area contributed by atoms with Crippen LogP contribution in [0.25, 0.3) is 0 Å². The highest BCUT2D eigenvalue weighted by atomic mass is 79.9. The zero-order valence-electron chi connectivity index (χ0n) is 10.4. The molecule has 6 heteroatoms. The lowest BCUT2D eigenvalue weighted by Crippen LogP contribution is -2.28. The van der Waals surface area contributed by atoms with Crippen molar-refractivity contribution in [1.29, 1.82) is 0 Å². The topological polar surface area (TPSA) is 46.1 Å². The molecule has 98 valence electrons. The number of carbonyl (C=O) groups excluding carboxylic acids is 1. The van der Waals surface area contributed by atoms with Crippen LogP contribution < -0.4 is 4.90 Å². The summed E-state index contributed by atoms with van der Waals surface area (Å²) in [6.07, 6.45) is 3.19. The average Bonchev–Trinajstić information content (AvgIpc) is 2.41. The molecule has 0 saturated heterocycles. The Bertz CT molecular complexity index is 616. The van der Waals surface area contributed by atoms with Crippen LogP contribution in [0.3, 0.4) is 0 Å². The van der Waals surface area contributed by atoms with E-state index in [0.29, 0.717) is 16.5 Å². The van der Waals surface area contributed by atoms with Gasteiger partial charge in [-0.1, -0.05) is 17.7 Å². The van der Waals surface area contributed by atoms with Gasteiger partial charge in [0.15, 0.2) is 0 Å². The minimum absolute atomic E-state index is 0.192. The first-order valence-electron chi connectivity index (χ1n) is 5.51.